The molecule has 2 rings (SSSR count). The highest BCUT2D eigenvalue weighted by molar-refractivity contribution is 7.89. The quantitative estimate of drug-likeness (QED) is 0.909. The van der Waals surface area contributed by atoms with Crippen LogP contribution in [0.5, 0.6) is 5.75 Å². The van der Waals surface area contributed by atoms with Gasteiger partial charge in [0, 0.05) is 12.4 Å². The van der Waals surface area contributed by atoms with E-state index in [0.717, 1.165) is 5.56 Å². The lowest BCUT2D eigenvalue weighted by Crippen LogP contribution is -2.13. The highest BCUT2D eigenvalue weighted by Gasteiger charge is 2.14. The van der Waals surface area contributed by atoms with E-state index in [1.54, 1.807) is 30.6 Å². The summed E-state index contributed by atoms with van der Waals surface area (Å²) in [6, 6.07) is 6.31. The lowest BCUT2D eigenvalue weighted by molar-refractivity contribution is 0.291. The van der Waals surface area contributed by atoms with Gasteiger partial charge >= 0.3 is 0 Å². The van der Waals surface area contributed by atoms with Gasteiger partial charge in [0.2, 0.25) is 10.0 Å². The first-order chi connectivity index (χ1) is 9.88. The van der Waals surface area contributed by atoms with Crippen LogP contribution in [0.3, 0.4) is 0 Å². The highest BCUT2D eigenvalue weighted by Crippen LogP contribution is 2.29. The van der Waals surface area contributed by atoms with E-state index in [1.165, 1.54) is 6.07 Å². The molecular weight excluding hydrogens is 290 g/mol. The molecule has 6 nitrogen and oxygen atoms in total. The van der Waals surface area contributed by atoms with Crippen LogP contribution in [0.25, 0.3) is 0 Å². The Morgan fingerprint density at radius 2 is 1.90 bits per heavy atom. The maximum Gasteiger partial charge on any atom is 0.238 e. The topological polar surface area (TPSA) is 95.2 Å². The zero-order valence-corrected chi connectivity index (χ0v) is 12.7. The molecule has 0 spiro atoms. The summed E-state index contributed by atoms with van der Waals surface area (Å²) in [7, 11) is -3.72. The zero-order valence-electron chi connectivity index (χ0n) is 11.9. The normalized spacial score (nSPS) is 11.6. The molecule has 0 saturated heterocycles. The van der Waals surface area contributed by atoms with E-state index in [4.69, 9.17) is 9.88 Å². The molecule has 1 aromatic carbocycles. The van der Waals surface area contributed by atoms with Gasteiger partial charge in [0.05, 0.1) is 4.90 Å². The van der Waals surface area contributed by atoms with E-state index in [-0.39, 0.29) is 17.4 Å². The minimum absolute atomic E-state index is 0.0783. The first-order valence-corrected chi connectivity index (χ1v) is 7.98. The van der Waals surface area contributed by atoms with Crippen molar-refractivity contribution in [1.29, 1.82) is 0 Å². The third-order valence-corrected chi connectivity index (χ3v) is 3.82. The molecule has 0 atom stereocenters. The Kier molecular flexibility index (Phi) is 4.54. The van der Waals surface area contributed by atoms with E-state index < -0.39 is 10.0 Å². The van der Waals surface area contributed by atoms with Crippen LogP contribution in [0.2, 0.25) is 0 Å². The van der Waals surface area contributed by atoms with Crippen LogP contribution in [-0.2, 0) is 16.6 Å². The Bertz CT molecular complexity index is 715. The second-order valence-corrected chi connectivity index (χ2v) is 6.41. The molecule has 21 heavy (non-hydrogen) atoms. The van der Waals surface area contributed by atoms with Gasteiger partial charge in [-0.15, -0.1) is 0 Å². The molecule has 1 heterocycles. The predicted molar refractivity (Wildman–Crippen MR) is 78.3 cm³/mol. The third kappa shape index (κ3) is 3.99. The van der Waals surface area contributed by atoms with Crippen LogP contribution >= 0.6 is 0 Å². The Morgan fingerprint density at radius 1 is 1.24 bits per heavy atom. The standard InChI is InChI=1S/C14H17N3O3S/c1-10(2)12-8-11(21(15,18)19)4-5-13(12)20-9-14-16-6-3-7-17-14/h3-8,10H,9H2,1-2H3,(H2,15,18,19). The van der Waals surface area contributed by atoms with Crippen molar-refractivity contribution in [2.45, 2.75) is 31.3 Å². The molecule has 0 aliphatic rings. The maximum atomic E-state index is 11.4. The molecule has 1 aromatic heterocycles. The van der Waals surface area contributed by atoms with Crippen molar-refractivity contribution in [2.75, 3.05) is 0 Å². The summed E-state index contributed by atoms with van der Waals surface area (Å²) >= 11 is 0. The predicted octanol–water partition coefficient (Wildman–Crippen LogP) is 1.83. The molecule has 0 amide bonds. The number of primary sulfonamides is 1. The van der Waals surface area contributed by atoms with Crippen LogP contribution in [0, 0.1) is 0 Å². The lowest BCUT2D eigenvalue weighted by atomic mass is 10.0. The molecule has 0 radical (unpaired) electrons. The van der Waals surface area contributed by atoms with Crippen LogP contribution in [-0.4, -0.2) is 18.4 Å². The molecule has 7 heteroatoms. The van der Waals surface area contributed by atoms with Crippen molar-refractivity contribution in [1.82, 2.24) is 9.97 Å². The number of ether oxygens (including phenoxy) is 1. The van der Waals surface area contributed by atoms with Gasteiger partial charge < -0.3 is 4.74 Å². The van der Waals surface area contributed by atoms with E-state index in [0.29, 0.717) is 11.6 Å². The van der Waals surface area contributed by atoms with Crippen molar-refractivity contribution in [3.8, 4) is 5.75 Å². The van der Waals surface area contributed by atoms with Crippen LogP contribution < -0.4 is 9.88 Å². The van der Waals surface area contributed by atoms with Crippen LogP contribution in [0.1, 0.15) is 31.2 Å². The first kappa shape index (κ1) is 15.4. The minimum Gasteiger partial charge on any atom is -0.485 e. The van der Waals surface area contributed by atoms with Gasteiger partial charge in [0.1, 0.15) is 12.4 Å². The van der Waals surface area contributed by atoms with E-state index in [1.807, 2.05) is 13.8 Å². The fourth-order valence-corrected chi connectivity index (χ4v) is 2.38. The van der Waals surface area contributed by atoms with E-state index in [9.17, 15) is 8.42 Å². The highest BCUT2D eigenvalue weighted by atomic mass is 32.2. The van der Waals surface area contributed by atoms with Gasteiger partial charge in [-0.3, -0.25) is 0 Å². The largest absolute Gasteiger partial charge is 0.485 e. The van der Waals surface area contributed by atoms with Crippen molar-refractivity contribution in [3.63, 3.8) is 0 Å². The average Bonchev–Trinajstić information content (AvgIpc) is 2.45. The van der Waals surface area contributed by atoms with E-state index in [2.05, 4.69) is 9.97 Å². The van der Waals surface area contributed by atoms with Crippen molar-refractivity contribution in [3.05, 3.63) is 48.0 Å². The molecular formula is C14H17N3O3S. The van der Waals surface area contributed by atoms with Crippen molar-refractivity contribution in [2.24, 2.45) is 5.14 Å². The summed E-state index contributed by atoms with van der Waals surface area (Å²) < 4.78 is 28.5. The molecule has 0 bridgehead atoms. The molecule has 0 fully saturated rings. The number of rotatable bonds is 5. The number of nitrogens with zero attached hydrogens (tertiary/aromatic N) is 2. The number of aromatic nitrogens is 2. The summed E-state index contributed by atoms with van der Waals surface area (Å²) in [5, 5.41) is 5.15. The molecule has 112 valence electrons. The van der Waals surface area contributed by atoms with E-state index >= 15 is 0 Å². The fraction of sp³-hybridized carbons (Fsp3) is 0.286. The molecule has 0 aliphatic heterocycles. The monoisotopic (exact) mass is 307 g/mol. The minimum atomic E-state index is -3.72. The summed E-state index contributed by atoms with van der Waals surface area (Å²) in [6.45, 7) is 4.12. The van der Waals surface area contributed by atoms with Gasteiger partial charge in [0.15, 0.2) is 5.82 Å². The number of hydrogen-bond donors (Lipinski definition) is 1. The smallest absolute Gasteiger partial charge is 0.238 e. The average molecular weight is 307 g/mol. The van der Waals surface area contributed by atoms with Gasteiger partial charge in [-0.25, -0.2) is 23.5 Å². The van der Waals surface area contributed by atoms with Crippen LogP contribution in [0.15, 0.2) is 41.6 Å². The molecule has 2 aromatic rings. The second-order valence-electron chi connectivity index (χ2n) is 4.85. The van der Waals surface area contributed by atoms with Gasteiger partial charge in [-0.2, -0.15) is 0 Å². The van der Waals surface area contributed by atoms with Crippen LogP contribution in [0.4, 0.5) is 0 Å². The molecule has 0 unspecified atom stereocenters. The summed E-state index contributed by atoms with van der Waals surface area (Å²) in [6.07, 6.45) is 3.28. The third-order valence-electron chi connectivity index (χ3n) is 2.91. The fourth-order valence-electron chi connectivity index (χ4n) is 1.83. The first-order valence-electron chi connectivity index (χ1n) is 6.43. The second kappa shape index (κ2) is 6.19. The summed E-state index contributed by atoms with van der Waals surface area (Å²) in [4.78, 5) is 8.22. The maximum absolute atomic E-state index is 11.4. The summed E-state index contributed by atoms with van der Waals surface area (Å²) in [5.74, 6) is 1.26. The Morgan fingerprint density at radius 3 is 2.48 bits per heavy atom. The molecule has 0 saturated carbocycles. The van der Waals surface area contributed by atoms with Crippen molar-refractivity contribution >= 4 is 10.0 Å². The number of hydrogen-bond acceptors (Lipinski definition) is 5. The SMILES string of the molecule is CC(C)c1cc(S(N)(=O)=O)ccc1OCc1ncccn1. The molecule has 2 N–H and O–H groups in total. The van der Waals surface area contributed by atoms with Gasteiger partial charge in [-0.05, 0) is 35.7 Å². The Labute approximate surface area is 124 Å². The number of nitrogens with two attached hydrogens (primary N) is 1. The number of benzene rings is 1. The lowest BCUT2D eigenvalue weighted by Gasteiger charge is -2.14. The van der Waals surface area contributed by atoms with Crippen molar-refractivity contribution < 1.29 is 13.2 Å². The Balaban J connectivity index is 2.27. The number of sulfonamides is 1. The molecule has 0 aliphatic carbocycles. The Hall–Kier alpha value is -1.99. The zero-order chi connectivity index (χ0) is 15.5. The van der Waals surface area contributed by atoms with Gasteiger partial charge in [0.25, 0.3) is 0 Å². The summed E-state index contributed by atoms with van der Waals surface area (Å²) in [5.41, 5.74) is 0.775. The van der Waals surface area contributed by atoms with Gasteiger partial charge in [-0.1, -0.05) is 13.8 Å².